The first-order valence-corrected chi connectivity index (χ1v) is 14.3. The Morgan fingerprint density at radius 2 is 1.59 bits per heavy atom. The molecule has 0 aromatic heterocycles. The molecule has 3 amide bonds. The van der Waals surface area contributed by atoms with E-state index in [9.17, 15) is 27.9 Å². The van der Waals surface area contributed by atoms with Crippen molar-refractivity contribution >= 4 is 27.9 Å². The molecule has 0 bridgehead atoms. The van der Waals surface area contributed by atoms with Crippen molar-refractivity contribution < 1.29 is 37.4 Å². The number of rotatable bonds is 9. The van der Waals surface area contributed by atoms with Crippen LogP contribution >= 0.6 is 0 Å². The Hall–Kier alpha value is -4.42. The fraction of sp³-hybridized carbons (Fsp3) is 0.276. The van der Waals surface area contributed by atoms with E-state index < -0.39 is 40.0 Å². The third-order valence-electron chi connectivity index (χ3n) is 7.46. The molecule has 12 heteroatoms. The molecule has 5 rings (SSSR count). The van der Waals surface area contributed by atoms with E-state index in [-0.39, 0.29) is 47.8 Å². The summed E-state index contributed by atoms with van der Waals surface area (Å²) in [5, 5.41) is 10.1. The van der Waals surface area contributed by atoms with Crippen LogP contribution in [-0.4, -0.2) is 84.9 Å². The van der Waals surface area contributed by atoms with E-state index in [2.05, 4.69) is 0 Å². The molecule has 214 valence electrons. The molecule has 2 heterocycles. The number of carboxylic acid groups (broad SMARTS) is 1. The van der Waals surface area contributed by atoms with Crippen LogP contribution in [0.1, 0.15) is 32.7 Å². The van der Waals surface area contributed by atoms with Crippen LogP contribution in [0.3, 0.4) is 0 Å². The molecule has 3 aromatic carbocycles. The average molecular weight is 580 g/mol. The monoisotopic (exact) mass is 579 g/mol. The molecule has 0 saturated carbocycles. The number of methoxy groups -OCH3 is 2. The Morgan fingerprint density at radius 3 is 2.17 bits per heavy atom. The van der Waals surface area contributed by atoms with Crippen molar-refractivity contribution in [3.63, 3.8) is 0 Å². The number of fused-ring (bicyclic) bond motifs is 1. The van der Waals surface area contributed by atoms with Crippen molar-refractivity contribution in [2.45, 2.75) is 29.9 Å². The Labute approximate surface area is 237 Å². The lowest BCUT2D eigenvalue weighted by atomic mass is 10.1. The normalized spacial score (nSPS) is 18.6. The minimum Gasteiger partial charge on any atom is -0.497 e. The number of amides is 3. The van der Waals surface area contributed by atoms with Crippen molar-refractivity contribution in [3.05, 3.63) is 89.5 Å². The van der Waals surface area contributed by atoms with Crippen molar-refractivity contribution in [2.24, 2.45) is 0 Å². The fourth-order valence-electron chi connectivity index (χ4n) is 5.41. The average Bonchev–Trinajstić information content (AvgIpc) is 3.51. The van der Waals surface area contributed by atoms with E-state index >= 15 is 0 Å². The number of likely N-dealkylation sites (tertiary alicyclic amines) is 1. The van der Waals surface area contributed by atoms with E-state index in [1.54, 1.807) is 54.6 Å². The van der Waals surface area contributed by atoms with Gasteiger partial charge in [0.2, 0.25) is 10.0 Å². The molecule has 1 fully saturated rings. The molecular formula is C29H29N3O8S. The van der Waals surface area contributed by atoms with Crippen LogP contribution in [0.25, 0.3) is 0 Å². The van der Waals surface area contributed by atoms with Gasteiger partial charge in [0.25, 0.3) is 11.8 Å². The van der Waals surface area contributed by atoms with Crippen LogP contribution in [0, 0.1) is 0 Å². The Balaban J connectivity index is 1.50. The van der Waals surface area contributed by atoms with Gasteiger partial charge in [-0.15, -0.1) is 0 Å². The van der Waals surface area contributed by atoms with Crippen LogP contribution in [0.4, 0.5) is 4.79 Å². The molecule has 2 aliphatic heterocycles. The van der Waals surface area contributed by atoms with Crippen molar-refractivity contribution in [2.75, 3.05) is 27.3 Å². The zero-order chi connectivity index (χ0) is 29.3. The lowest BCUT2D eigenvalue weighted by Gasteiger charge is -2.29. The van der Waals surface area contributed by atoms with E-state index in [4.69, 9.17) is 9.47 Å². The molecule has 0 radical (unpaired) electrons. The first-order valence-electron chi connectivity index (χ1n) is 12.9. The predicted molar refractivity (Wildman–Crippen MR) is 147 cm³/mol. The van der Waals surface area contributed by atoms with Crippen LogP contribution in [0.2, 0.25) is 0 Å². The van der Waals surface area contributed by atoms with Crippen LogP contribution in [0.15, 0.2) is 77.7 Å². The van der Waals surface area contributed by atoms with Gasteiger partial charge in [-0.25, -0.2) is 13.2 Å². The highest BCUT2D eigenvalue weighted by Gasteiger charge is 2.46. The maximum absolute atomic E-state index is 14.3. The molecule has 1 saturated heterocycles. The molecule has 2 aliphatic rings. The van der Waals surface area contributed by atoms with Gasteiger partial charge in [-0.1, -0.05) is 42.5 Å². The van der Waals surface area contributed by atoms with Gasteiger partial charge in [0.1, 0.15) is 16.4 Å². The number of hydrogen-bond acceptors (Lipinski definition) is 7. The summed E-state index contributed by atoms with van der Waals surface area (Å²) in [4.78, 5) is 40.4. The molecule has 0 aliphatic carbocycles. The second-order valence-electron chi connectivity index (χ2n) is 9.80. The molecule has 2 atom stereocenters. The Kier molecular flexibility index (Phi) is 7.70. The Bertz CT molecular complexity index is 1560. The second-order valence-corrected chi connectivity index (χ2v) is 11.7. The highest BCUT2D eigenvalue weighted by molar-refractivity contribution is 7.89. The summed E-state index contributed by atoms with van der Waals surface area (Å²) in [5.74, 6) is -0.589. The third kappa shape index (κ3) is 5.23. The van der Waals surface area contributed by atoms with Gasteiger partial charge in [-0.2, -0.15) is 4.31 Å². The van der Waals surface area contributed by atoms with E-state index in [0.717, 1.165) is 9.80 Å². The predicted octanol–water partition coefficient (Wildman–Crippen LogP) is 3.31. The first kappa shape index (κ1) is 28.1. The number of carbonyl (C=O) groups is 3. The van der Waals surface area contributed by atoms with Gasteiger partial charge in [0.15, 0.2) is 0 Å². The molecule has 3 aromatic rings. The molecule has 11 nitrogen and oxygen atoms in total. The number of imide groups is 1. The number of sulfonamides is 1. The summed E-state index contributed by atoms with van der Waals surface area (Å²) in [5.41, 5.74) is 1.21. The number of carbonyl (C=O) groups excluding carboxylic acids is 2. The molecule has 1 N–H and O–H groups in total. The largest absolute Gasteiger partial charge is 0.497 e. The van der Waals surface area contributed by atoms with Crippen LogP contribution in [0.5, 0.6) is 11.5 Å². The number of hydrogen-bond donors (Lipinski definition) is 1. The SMILES string of the molecule is COc1ccc(OC)c(S(=O)(=O)N(Cc2ccccc2)[C@@H]2C[C@H](CN3C(=O)c4ccccc4C3=O)N(C(=O)O)C2)c1. The van der Waals surface area contributed by atoms with Gasteiger partial charge >= 0.3 is 6.09 Å². The maximum atomic E-state index is 14.3. The molecule has 41 heavy (non-hydrogen) atoms. The third-order valence-corrected chi connectivity index (χ3v) is 9.38. The second kappa shape index (κ2) is 11.2. The lowest BCUT2D eigenvalue weighted by Crippen LogP contribution is -2.45. The Morgan fingerprint density at radius 1 is 0.951 bits per heavy atom. The number of nitrogens with zero attached hydrogens (tertiary/aromatic N) is 3. The lowest BCUT2D eigenvalue weighted by molar-refractivity contribution is 0.0603. The topological polar surface area (TPSA) is 134 Å². The summed E-state index contributed by atoms with van der Waals surface area (Å²) in [7, 11) is -1.48. The molecule has 0 spiro atoms. The van der Waals surface area contributed by atoms with E-state index in [0.29, 0.717) is 11.3 Å². The minimum absolute atomic E-state index is 0.0403. The van der Waals surface area contributed by atoms with Gasteiger partial charge in [0.05, 0.1) is 31.4 Å². The summed E-state index contributed by atoms with van der Waals surface area (Å²) in [6.07, 6.45) is -1.21. The highest BCUT2D eigenvalue weighted by Crippen LogP contribution is 2.36. The zero-order valence-electron chi connectivity index (χ0n) is 22.5. The van der Waals surface area contributed by atoms with Crippen LogP contribution < -0.4 is 9.47 Å². The van der Waals surface area contributed by atoms with E-state index in [1.807, 2.05) is 6.07 Å². The quantitative estimate of drug-likeness (QED) is 0.382. The summed E-state index contributed by atoms with van der Waals surface area (Å²) in [6.45, 7) is -0.389. The summed E-state index contributed by atoms with van der Waals surface area (Å²) >= 11 is 0. The number of ether oxygens (including phenoxy) is 2. The van der Waals surface area contributed by atoms with Gasteiger partial charge in [-0.05, 0) is 36.2 Å². The van der Waals surface area contributed by atoms with E-state index in [1.165, 1.54) is 30.7 Å². The van der Waals surface area contributed by atoms with Gasteiger partial charge in [-0.3, -0.25) is 14.5 Å². The summed E-state index contributed by atoms with van der Waals surface area (Å²) in [6, 6.07) is 18.2. The standard InChI is InChI=1S/C29H29N3O8S/c1-39-22-12-13-25(40-2)26(15-22)41(37,38)32(16-19-8-4-3-5-9-19)21-14-20(30(18-21)29(35)36)17-31-27(33)23-10-6-7-11-24(23)28(31)34/h3-13,15,20-21H,14,16-18H2,1-2H3,(H,35,36)/t20-,21-/m1/s1. The van der Waals surface area contributed by atoms with Crippen molar-refractivity contribution in [1.82, 2.24) is 14.1 Å². The van der Waals surface area contributed by atoms with Crippen molar-refractivity contribution in [3.8, 4) is 11.5 Å². The van der Waals surface area contributed by atoms with Gasteiger partial charge < -0.3 is 19.5 Å². The minimum atomic E-state index is -4.26. The first-order chi connectivity index (χ1) is 19.6. The highest BCUT2D eigenvalue weighted by atomic mass is 32.2. The fourth-order valence-corrected chi connectivity index (χ4v) is 7.20. The van der Waals surface area contributed by atoms with Crippen LogP contribution in [-0.2, 0) is 16.6 Å². The van der Waals surface area contributed by atoms with Crippen molar-refractivity contribution in [1.29, 1.82) is 0 Å². The summed E-state index contributed by atoms with van der Waals surface area (Å²) < 4.78 is 40.4. The van der Waals surface area contributed by atoms with Gasteiger partial charge in [0, 0.05) is 31.7 Å². The smallest absolute Gasteiger partial charge is 0.407 e. The molecular weight excluding hydrogens is 550 g/mol. The molecule has 0 unspecified atom stereocenters. The maximum Gasteiger partial charge on any atom is 0.407 e. The zero-order valence-corrected chi connectivity index (χ0v) is 23.3. The number of benzene rings is 3.